The van der Waals surface area contributed by atoms with Gasteiger partial charge in [-0.2, -0.15) is 0 Å². The second kappa shape index (κ2) is 11.3. The molecule has 1 aliphatic carbocycles. The molecule has 0 aromatic heterocycles. The molecule has 9 nitrogen and oxygen atoms in total. The highest BCUT2D eigenvalue weighted by Crippen LogP contribution is 2.44. The summed E-state index contributed by atoms with van der Waals surface area (Å²) < 4.78 is 15.9. The van der Waals surface area contributed by atoms with Crippen molar-refractivity contribution >= 4 is 18.0 Å². The molecule has 1 saturated heterocycles. The van der Waals surface area contributed by atoms with E-state index >= 15 is 0 Å². The van der Waals surface area contributed by atoms with Crippen LogP contribution < -0.4 is 10.6 Å². The third-order valence-corrected chi connectivity index (χ3v) is 6.52. The average molecular weight is 483 g/mol. The fourth-order valence-electron chi connectivity index (χ4n) is 4.71. The number of carboxylic acid groups (broad SMARTS) is 1. The maximum Gasteiger partial charge on any atom is 0.407 e. The number of hydrogen-bond acceptors (Lipinski definition) is 6. The van der Waals surface area contributed by atoms with Crippen molar-refractivity contribution in [1.82, 2.24) is 10.6 Å². The topological polar surface area (TPSA) is 123 Å². The van der Waals surface area contributed by atoms with Crippen LogP contribution in [0.15, 0.2) is 48.5 Å². The zero-order valence-electron chi connectivity index (χ0n) is 19.6. The summed E-state index contributed by atoms with van der Waals surface area (Å²) in [7, 11) is 1.56. The van der Waals surface area contributed by atoms with Gasteiger partial charge < -0.3 is 30.0 Å². The number of benzene rings is 2. The van der Waals surface area contributed by atoms with Crippen LogP contribution in [0.4, 0.5) is 4.79 Å². The van der Waals surface area contributed by atoms with E-state index in [1.807, 2.05) is 36.4 Å². The minimum absolute atomic E-state index is 0.0361. The molecule has 2 aliphatic rings. The van der Waals surface area contributed by atoms with E-state index in [0.717, 1.165) is 22.3 Å². The molecule has 2 aromatic rings. The minimum atomic E-state index is -1.03. The number of carbonyl (C=O) groups excluding carboxylic acids is 2. The Balaban J connectivity index is 1.39. The largest absolute Gasteiger partial charge is 0.481 e. The summed E-state index contributed by atoms with van der Waals surface area (Å²) in [4.78, 5) is 37.0. The van der Waals surface area contributed by atoms with Crippen LogP contribution in [0.5, 0.6) is 0 Å². The fraction of sp³-hybridized carbons (Fsp3) is 0.423. The number of methoxy groups -OCH3 is 1. The number of aliphatic carboxylic acids is 1. The first-order valence-corrected chi connectivity index (χ1v) is 11.7. The van der Waals surface area contributed by atoms with Gasteiger partial charge >= 0.3 is 12.1 Å². The molecular weight excluding hydrogens is 452 g/mol. The molecule has 0 saturated carbocycles. The van der Waals surface area contributed by atoms with Gasteiger partial charge in [0, 0.05) is 19.6 Å². The lowest BCUT2D eigenvalue weighted by Gasteiger charge is -2.22. The first-order chi connectivity index (χ1) is 17.0. The van der Waals surface area contributed by atoms with Crippen LogP contribution in [0.1, 0.15) is 29.9 Å². The first kappa shape index (κ1) is 24.7. The van der Waals surface area contributed by atoms with Crippen LogP contribution in [0.2, 0.25) is 0 Å². The zero-order valence-corrected chi connectivity index (χ0v) is 19.6. The van der Waals surface area contributed by atoms with E-state index in [1.165, 1.54) is 0 Å². The van der Waals surface area contributed by atoms with Gasteiger partial charge in [0.15, 0.2) is 0 Å². The smallest absolute Gasteiger partial charge is 0.407 e. The molecule has 1 aliphatic heterocycles. The van der Waals surface area contributed by atoms with Crippen molar-refractivity contribution in [3.05, 3.63) is 59.7 Å². The summed E-state index contributed by atoms with van der Waals surface area (Å²) >= 11 is 0. The fourth-order valence-corrected chi connectivity index (χ4v) is 4.71. The van der Waals surface area contributed by atoms with Crippen LogP contribution in [0.3, 0.4) is 0 Å². The van der Waals surface area contributed by atoms with Gasteiger partial charge in [0.05, 0.1) is 19.3 Å². The Kier molecular flexibility index (Phi) is 7.99. The van der Waals surface area contributed by atoms with Crippen LogP contribution in [0, 0.1) is 5.92 Å². The second-order valence-electron chi connectivity index (χ2n) is 8.75. The molecule has 0 radical (unpaired) electrons. The Bertz CT molecular complexity index is 1030. The quantitative estimate of drug-likeness (QED) is 0.445. The van der Waals surface area contributed by atoms with Crippen LogP contribution >= 0.6 is 0 Å². The van der Waals surface area contributed by atoms with Crippen molar-refractivity contribution in [2.45, 2.75) is 30.8 Å². The SMILES string of the molecule is COCCCC(NC(=O)OCC1c2ccccc2-c2ccccc21)C(=O)NC1COCC1C(=O)O. The molecule has 0 bridgehead atoms. The van der Waals surface area contributed by atoms with E-state index in [9.17, 15) is 19.5 Å². The number of hydrogen-bond donors (Lipinski definition) is 3. The van der Waals surface area contributed by atoms with Crippen LogP contribution in [-0.2, 0) is 23.8 Å². The highest BCUT2D eigenvalue weighted by molar-refractivity contribution is 5.86. The van der Waals surface area contributed by atoms with E-state index in [1.54, 1.807) is 7.11 Å². The third kappa shape index (κ3) is 5.63. The number of carbonyl (C=O) groups is 3. The molecule has 3 atom stereocenters. The van der Waals surface area contributed by atoms with E-state index in [4.69, 9.17) is 14.2 Å². The Morgan fingerprint density at radius 1 is 1.06 bits per heavy atom. The van der Waals surface area contributed by atoms with E-state index in [0.29, 0.717) is 19.4 Å². The molecule has 1 fully saturated rings. The Morgan fingerprint density at radius 3 is 2.34 bits per heavy atom. The normalized spacial score (nSPS) is 19.5. The highest BCUT2D eigenvalue weighted by atomic mass is 16.5. The van der Waals surface area contributed by atoms with Gasteiger partial charge in [-0.25, -0.2) is 4.79 Å². The summed E-state index contributed by atoms with van der Waals surface area (Å²) in [6.45, 7) is 0.692. The maximum atomic E-state index is 12.9. The molecule has 1 heterocycles. The minimum Gasteiger partial charge on any atom is -0.481 e. The molecule has 0 spiro atoms. The molecule has 3 unspecified atom stereocenters. The lowest BCUT2D eigenvalue weighted by Crippen LogP contribution is -2.52. The van der Waals surface area contributed by atoms with Crippen molar-refractivity contribution in [3.8, 4) is 11.1 Å². The van der Waals surface area contributed by atoms with Gasteiger partial charge in [-0.05, 0) is 35.1 Å². The maximum absolute atomic E-state index is 12.9. The predicted molar refractivity (Wildman–Crippen MR) is 127 cm³/mol. The van der Waals surface area contributed by atoms with E-state index < -0.39 is 36.0 Å². The predicted octanol–water partition coefficient (Wildman–Crippen LogP) is 2.54. The van der Waals surface area contributed by atoms with Crippen molar-refractivity contribution in [3.63, 3.8) is 0 Å². The number of nitrogens with one attached hydrogen (secondary N) is 2. The van der Waals surface area contributed by atoms with E-state index in [2.05, 4.69) is 22.8 Å². The molecule has 3 N–H and O–H groups in total. The van der Waals surface area contributed by atoms with Crippen LogP contribution in [-0.4, -0.2) is 68.7 Å². The van der Waals surface area contributed by atoms with E-state index in [-0.39, 0.29) is 25.7 Å². The molecule has 4 rings (SSSR count). The van der Waals surface area contributed by atoms with Gasteiger partial charge in [-0.3, -0.25) is 9.59 Å². The average Bonchev–Trinajstić information content (AvgIpc) is 3.45. The number of fused-ring (bicyclic) bond motifs is 3. The lowest BCUT2D eigenvalue weighted by molar-refractivity contribution is -0.142. The Labute approximate surface area is 203 Å². The number of carboxylic acids is 1. The lowest BCUT2D eigenvalue weighted by atomic mass is 9.98. The van der Waals surface area contributed by atoms with Gasteiger partial charge in [0.25, 0.3) is 0 Å². The van der Waals surface area contributed by atoms with Gasteiger partial charge in [0.2, 0.25) is 5.91 Å². The summed E-state index contributed by atoms with van der Waals surface area (Å²) in [6.07, 6.45) is 0.138. The highest BCUT2D eigenvalue weighted by Gasteiger charge is 2.36. The molecule has 9 heteroatoms. The van der Waals surface area contributed by atoms with Crippen molar-refractivity contribution < 1.29 is 33.7 Å². The molecular formula is C26H30N2O7. The Morgan fingerprint density at radius 2 is 1.71 bits per heavy atom. The molecule has 2 amide bonds. The standard InChI is InChI=1S/C26H30N2O7/c1-33-12-6-11-22(24(29)27-23-15-34-13-21(23)25(30)31)28-26(32)35-14-20-18-9-4-2-7-16(18)17-8-3-5-10-19(17)20/h2-5,7-10,20-23H,6,11-15H2,1H3,(H,27,29)(H,28,32)(H,30,31). The van der Waals surface area contributed by atoms with Gasteiger partial charge in [-0.1, -0.05) is 48.5 Å². The zero-order chi connectivity index (χ0) is 24.8. The summed E-state index contributed by atoms with van der Waals surface area (Å²) in [5.41, 5.74) is 4.44. The van der Waals surface area contributed by atoms with Gasteiger partial charge in [-0.15, -0.1) is 0 Å². The number of alkyl carbamates (subject to hydrolysis) is 1. The molecule has 35 heavy (non-hydrogen) atoms. The number of rotatable bonds is 10. The van der Waals surface area contributed by atoms with Crippen molar-refractivity contribution in [2.75, 3.05) is 33.5 Å². The monoisotopic (exact) mass is 482 g/mol. The third-order valence-electron chi connectivity index (χ3n) is 6.52. The first-order valence-electron chi connectivity index (χ1n) is 11.7. The van der Waals surface area contributed by atoms with Crippen molar-refractivity contribution in [2.24, 2.45) is 5.92 Å². The van der Waals surface area contributed by atoms with Crippen LogP contribution in [0.25, 0.3) is 11.1 Å². The molecule has 2 aromatic carbocycles. The Hall–Kier alpha value is -3.43. The number of amides is 2. The number of ether oxygens (including phenoxy) is 3. The van der Waals surface area contributed by atoms with Gasteiger partial charge in [0.1, 0.15) is 18.6 Å². The summed E-state index contributed by atoms with van der Waals surface area (Å²) in [5, 5.41) is 14.7. The second-order valence-corrected chi connectivity index (χ2v) is 8.75. The molecule has 186 valence electrons. The van der Waals surface area contributed by atoms with Crippen molar-refractivity contribution in [1.29, 1.82) is 0 Å². The summed E-state index contributed by atoms with van der Waals surface area (Å²) in [6, 6.07) is 14.5. The summed E-state index contributed by atoms with van der Waals surface area (Å²) in [5.74, 6) is -2.43.